The highest BCUT2D eigenvalue weighted by molar-refractivity contribution is 5.96. The van der Waals surface area contributed by atoms with Gasteiger partial charge in [-0.2, -0.15) is 0 Å². The van der Waals surface area contributed by atoms with E-state index in [0.717, 1.165) is 43.8 Å². The van der Waals surface area contributed by atoms with Crippen molar-refractivity contribution in [1.29, 1.82) is 0 Å². The van der Waals surface area contributed by atoms with E-state index in [9.17, 15) is 4.79 Å². The maximum Gasteiger partial charge on any atom is 0.232 e. The van der Waals surface area contributed by atoms with Crippen LogP contribution in [0, 0.1) is 11.3 Å². The third kappa shape index (κ3) is 3.70. The van der Waals surface area contributed by atoms with E-state index in [-0.39, 0.29) is 23.7 Å². The van der Waals surface area contributed by atoms with E-state index in [1.54, 1.807) is 6.08 Å². The minimum Gasteiger partial charge on any atom is -0.489 e. The van der Waals surface area contributed by atoms with Crippen molar-refractivity contribution < 1.29 is 9.53 Å². The van der Waals surface area contributed by atoms with Gasteiger partial charge in [0.1, 0.15) is 12.4 Å². The third-order valence-electron chi connectivity index (χ3n) is 4.95. The maximum atomic E-state index is 12.9. The average molecular weight is 337 g/mol. The Hall–Kier alpha value is -1.52. The molecule has 1 heterocycles. The van der Waals surface area contributed by atoms with Gasteiger partial charge < -0.3 is 15.4 Å². The summed E-state index contributed by atoms with van der Waals surface area (Å²) in [5.41, 5.74) is 0.577. The fourth-order valence-electron chi connectivity index (χ4n) is 3.76. The highest BCUT2D eigenvalue weighted by Crippen LogP contribution is 2.44. The van der Waals surface area contributed by atoms with E-state index in [4.69, 9.17) is 4.74 Å². The second kappa shape index (κ2) is 7.84. The molecule has 0 unspecified atom stereocenters. The third-order valence-corrected chi connectivity index (χ3v) is 4.95. The normalized spacial score (nSPS) is 25.8. The van der Waals surface area contributed by atoms with Crippen LogP contribution < -0.4 is 15.4 Å². The molecular weight excluding hydrogens is 312 g/mol. The van der Waals surface area contributed by atoms with E-state index in [1.165, 1.54) is 6.42 Å². The summed E-state index contributed by atoms with van der Waals surface area (Å²) in [7, 11) is 0. The predicted octanol–water partition coefficient (Wildman–Crippen LogP) is 3.39. The SMILES string of the molecule is C=CCOc1cccc(NC(=O)[C@@]23CCCC[C@H]2CNC3)c1.Cl. The highest BCUT2D eigenvalue weighted by Gasteiger charge is 2.49. The first kappa shape index (κ1) is 17.8. The second-order valence-corrected chi connectivity index (χ2v) is 6.31. The summed E-state index contributed by atoms with van der Waals surface area (Å²) >= 11 is 0. The number of carbonyl (C=O) groups excluding carboxylic acids is 1. The molecule has 1 saturated carbocycles. The zero-order valence-corrected chi connectivity index (χ0v) is 14.2. The standard InChI is InChI=1S/C18H24N2O2.ClH/c1-2-10-22-16-8-5-7-15(11-16)20-17(21)18-9-4-3-6-14(18)12-19-13-18;/h2,5,7-8,11,14,19H,1,3-4,6,9-10,12-13H2,(H,20,21);1H/t14-,18+;/m0./s1. The molecule has 5 heteroatoms. The van der Waals surface area contributed by atoms with Gasteiger partial charge in [0, 0.05) is 18.3 Å². The molecule has 3 rings (SSSR count). The van der Waals surface area contributed by atoms with Crippen LogP contribution in [-0.2, 0) is 4.79 Å². The van der Waals surface area contributed by atoms with Crippen molar-refractivity contribution in [2.45, 2.75) is 25.7 Å². The summed E-state index contributed by atoms with van der Waals surface area (Å²) in [6.45, 7) is 5.88. The average Bonchev–Trinajstić information content (AvgIpc) is 2.98. The van der Waals surface area contributed by atoms with Crippen molar-refractivity contribution in [1.82, 2.24) is 5.32 Å². The van der Waals surface area contributed by atoms with E-state index < -0.39 is 0 Å². The van der Waals surface area contributed by atoms with Crippen LogP contribution in [0.4, 0.5) is 5.69 Å². The number of ether oxygens (including phenoxy) is 1. The lowest BCUT2D eigenvalue weighted by Crippen LogP contribution is -2.44. The molecule has 23 heavy (non-hydrogen) atoms. The van der Waals surface area contributed by atoms with E-state index in [2.05, 4.69) is 17.2 Å². The number of benzene rings is 1. The van der Waals surface area contributed by atoms with Crippen LogP contribution in [0.3, 0.4) is 0 Å². The van der Waals surface area contributed by atoms with Gasteiger partial charge >= 0.3 is 0 Å². The van der Waals surface area contributed by atoms with Gasteiger partial charge in [0.25, 0.3) is 0 Å². The molecule has 1 aromatic rings. The molecule has 2 fully saturated rings. The second-order valence-electron chi connectivity index (χ2n) is 6.31. The van der Waals surface area contributed by atoms with Gasteiger partial charge in [-0.05, 0) is 37.4 Å². The molecule has 1 aromatic carbocycles. The first-order valence-electron chi connectivity index (χ1n) is 8.10. The first-order chi connectivity index (χ1) is 10.7. The number of carbonyl (C=O) groups is 1. The quantitative estimate of drug-likeness (QED) is 0.810. The summed E-state index contributed by atoms with van der Waals surface area (Å²) in [6.07, 6.45) is 6.24. The van der Waals surface area contributed by atoms with Crippen molar-refractivity contribution >= 4 is 24.0 Å². The number of rotatable bonds is 5. The molecule has 1 saturated heterocycles. The molecule has 2 N–H and O–H groups in total. The molecule has 126 valence electrons. The zero-order valence-electron chi connectivity index (χ0n) is 13.3. The van der Waals surface area contributed by atoms with Gasteiger partial charge in [-0.25, -0.2) is 0 Å². The van der Waals surface area contributed by atoms with Gasteiger partial charge in [0.05, 0.1) is 5.41 Å². The van der Waals surface area contributed by atoms with Gasteiger partial charge in [-0.15, -0.1) is 12.4 Å². The van der Waals surface area contributed by atoms with Crippen molar-refractivity contribution in [3.05, 3.63) is 36.9 Å². The van der Waals surface area contributed by atoms with Crippen LogP contribution in [-0.4, -0.2) is 25.6 Å². The number of nitrogens with one attached hydrogen (secondary N) is 2. The number of amides is 1. The van der Waals surface area contributed by atoms with E-state index in [1.807, 2.05) is 24.3 Å². The number of halogens is 1. The molecule has 1 aliphatic heterocycles. The van der Waals surface area contributed by atoms with Crippen LogP contribution in [0.2, 0.25) is 0 Å². The molecule has 0 spiro atoms. The molecule has 2 aliphatic rings. The van der Waals surface area contributed by atoms with Gasteiger partial charge in [-0.1, -0.05) is 31.6 Å². The number of hydrogen-bond acceptors (Lipinski definition) is 3. The molecule has 0 bridgehead atoms. The number of anilines is 1. The van der Waals surface area contributed by atoms with E-state index in [0.29, 0.717) is 12.5 Å². The number of fused-ring (bicyclic) bond motifs is 1. The Balaban J connectivity index is 0.00000192. The zero-order chi connectivity index (χ0) is 15.4. The number of hydrogen-bond donors (Lipinski definition) is 2. The van der Waals surface area contributed by atoms with Crippen LogP contribution in [0.1, 0.15) is 25.7 Å². The Labute approximate surface area is 144 Å². The minimum absolute atomic E-state index is 0. The fraction of sp³-hybridized carbons (Fsp3) is 0.500. The van der Waals surface area contributed by atoms with Crippen LogP contribution >= 0.6 is 12.4 Å². The maximum absolute atomic E-state index is 12.9. The smallest absolute Gasteiger partial charge is 0.232 e. The first-order valence-corrected chi connectivity index (χ1v) is 8.10. The summed E-state index contributed by atoms with van der Waals surface area (Å²) < 4.78 is 5.53. The molecule has 0 radical (unpaired) electrons. The minimum atomic E-state index is -0.226. The summed E-state index contributed by atoms with van der Waals surface area (Å²) in [4.78, 5) is 12.9. The molecule has 2 atom stereocenters. The summed E-state index contributed by atoms with van der Waals surface area (Å²) in [6, 6.07) is 7.57. The van der Waals surface area contributed by atoms with Crippen LogP contribution in [0.15, 0.2) is 36.9 Å². The Morgan fingerprint density at radius 2 is 2.35 bits per heavy atom. The van der Waals surface area contributed by atoms with E-state index >= 15 is 0 Å². The predicted molar refractivity (Wildman–Crippen MR) is 95.3 cm³/mol. The molecule has 1 amide bonds. The van der Waals surface area contributed by atoms with Crippen molar-refractivity contribution in [3.8, 4) is 5.75 Å². The monoisotopic (exact) mass is 336 g/mol. The lowest BCUT2D eigenvalue weighted by molar-refractivity contribution is -0.128. The van der Waals surface area contributed by atoms with Crippen LogP contribution in [0.5, 0.6) is 5.75 Å². The van der Waals surface area contributed by atoms with Gasteiger partial charge in [0.2, 0.25) is 5.91 Å². The Kier molecular flexibility index (Phi) is 6.08. The van der Waals surface area contributed by atoms with Gasteiger partial charge in [0.15, 0.2) is 0 Å². The molecular formula is C18H25ClN2O2. The molecule has 1 aliphatic carbocycles. The van der Waals surface area contributed by atoms with Crippen LogP contribution in [0.25, 0.3) is 0 Å². The van der Waals surface area contributed by atoms with Gasteiger partial charge in [-0.3, -0.25) is 4.79 Å². The summed E-state index contributed by atoms with van der Waals surface area (Å²) in [5, 5.41) is 6.52. The lowest BCUT2D eigenvalue weighted by atomic mass is 9.67. The summed E-state index contributed by atoms with van der Waals surface area (Å²) in [5.74, 6) is 1.38. The van der Waals surface area contributed by atoms with Crippen molar-refractivity contribution in [3.63, 3.8) is 0 Å². The van der Waals surface area contributed by atoms with Crippen molar-refractivity contribution in [2.24, 2.45) is 11.3 Å². The van der Waals surface area contributed by atoms with Crippen molar-refractivity contribution in [2.75, 3.05) is 25.0 Å². The largest absolute Gasteiger partial charge is 0.489 e. The molecule has 0 aromatic heterocycles. The topological polar surface area (TPSA) is 50.4 Å². The Bertz CT molecular complexity index is 564. The fourth-order valence-corrected chi connectivity index (χ4v) is 3.76. The highest BCUT2D eigenvalue weighted by atomic mass is 35.5. The molecule has 4 nitrogen and oxygen atoms in total. The Morgan fingerprint density at radius 1 is 1.48 bits per heavy atom. The lowest BCUT2D eigenvalue weighted by Gasteiger charge is -2.37. The Morgan fingerprint density at radius 3 is 3.17 bits per heavy atom.